The molecule has 0 aliphatic carbocycles. The summed E-state index contributed by atoms with van der Waals surface area (Å²) in [5, 5.41) is 65.8. The van der Waals surface area contributed by atoms with Crippen LogP contribution >= 0.6 is 64.8 Å². The Morgan fingerprint density at radius 2 is 0.355 bits per heavy atom. The van der Waals surface area contributed by atoms with Gasteiger partial charge in [-0.25, -0.2) is 0 Å². The van der Waals surface area contributed by atoms with Crippen molar-refractivity contribution < 1.29 is 93.5 Å². The standard InChI is InChI=1S/3C14H10O4S2.2Fe/c3*15-13(16)9-5-1-3-7-11(9)19-20-12-8-4-2-6-10(12)14(17)18;;/h3*1-8H,(H,15,16)(H,17,18);;/q;;;2*+3/p-6. The molecule has 316 valence electrons. The van der Waals surface area contributed by atoms with Crippen LogP contribution in [-0.2, 0) is 34.1 Å². The molecular formula is C42H24Fe2O12S6. The zero-order valence-corrected chi connectivity index (χ0v) is 38.0. The Bertz CT molecular complexity index is 2080. The number of carbonyl (C=O) groups excluding carboxylic acids is 6. The zero-order valence-electron chi connectivity index (χ0n) is 30.9. The van der Waals surface area contributed by atoms with Crippen LogP contribution in [0.3, 0.4) is 0 Å². The molecule has 62 heavy (non-hydrogen) atoms. The molecule has 0 spiro atoms. The Morgan fingerprint density at radius 1 is 0.242 bits per heavy atom. The van der Waals surface area contributed by atoms with Crippen LogP contribution in [0.4, 0.5) is 0 Å². The van der Waals surface area contributed by atoms with E-state index in [1.165, 1.54) is 36.4 Å². The normalized spacial score (nSPS) is 9.87. The molecule has 6 aromatic rings. The largest absolute Gasteiger partial charge is 3.00 e. The molecule has 0 saturated heterocycles. The molecule has 0 aliphatic rings. The van der Waals surface area contributed by atoms with Crippen LogP contribution in [0.25, 0.3) is 0 Å². The van der Waals surface area contributed by atoms with Gasteiger partial charge in [0.05, 0.1) is 35.8 Å². The molecule has 0 N–H and O–H groups in total. The summed E-state index contributed by atoms with van der Waals surface area (Å²) in [6.45, 7) is 0. The van der Waals surface area contributed by atoms with Gasteiger partial charge >= 0.3 is 34.1 Å². The van der Waals surface area contributed by atoms with E-state index in [0.29, 0.717) is 29.4 Å². The van der Waals surface area contributed by atoms with Gasteiger partial charge in [-0.1, -0.05) is 174 Å². The second-order valence-electron chi connectivity index (χ2n) is 11.2. The minimum Gasteiger partial charge on any atom is -0.545 e. The van der Waals surface area contributed by atoms with Gasteiger partial charge in [0.25, 0.3) is 0 Å². The van der Waals surface area contributed by atoms with Crippen molar-refractivity contribution in [2.45, 2.75) is 29.4 Å². The van der Waals surface area contributed by atoms with Crippen LogP contribution in [0.2, 0.25) is 0 Å². The van der Waals surface area contributed by atoms with E-state index in [9.17, 15) is 59.4 Å². The average Bonchev–Trinajstić information content (AvgIpc) is 3.25. The van der Waals surface area contributed by atoms with Crippen molar-refractivity contribution in [1.82, 2.24) is 0 Å². The summed E-state index contributed by atoms with van der Waals surface area (Å²) in [5.41, 5.74) is 0.477. The van der Waals surface area contributed by atoms with E-state index in [4.69, 9.17) is 0 Å². The summed E-state index contributed by atoms with van der Waals surface area (Å²) in [6, 6.07) is 38.4. The number of benzene rings is 6. The summed E-state index contributed by atoms with van der Waals surface area (Å²) in [4.78, 5) is 68.9. The number of carboxylic acid groups (broad SMARTS) is 6. The molecule has 0 amide bonds. The Hall–Kier alpha value is -4.72. The van der Waals surface area contributed by atoms with E-state index < -0.39 is 35.8 Å². The predicted octanol–water partition coefficient (Wildman–Crippen LogP) is 3.63. The SMILES string of the molecule is O=C([O-])c1ccccc1SSc1ccccc1C(=O)[O-].O=C([O-])c1ccccc1SSc1ccccc1C(=O)[O-].O=C([O-])c1ccccc1SSc1ccccc1C(=O)[O-].[Fe+3].[Fe+3]. The molecule has 0 heterocycles. The van der Waals surface area contributed by atoms with E-state index in [1.54, 1.807) is 109 Å². The average molecular weight is 1020 g/mol. The molecule has 0 unspecified atom stereocenters. The first-order valence-corrected chi connectivity index (χ1v) is 23.1. The van der Waals surface area contributed by atoms with Gasteiger partial charge in [0.1, 0.15) is 0 Å². The van der Waals surface area contributed by atoms with Crippen molar-refractivity contribution in [3.8, 4) is 0 Å². The van der Waals surface area contributed by atoms with Crippen molar-refractivity contribution >= 4 is 101 Å². The first-order valence-electron chi connectivity index (χ1n) is 16.6. The molecule has 12 nitrogen and oxygen atoms in total. The molecule has 0 saturated carbocycles. The van der Waals surface area contributed by atoms with E-state index in [0.717, 1.165) is 64.8 Å². The van der Waals surface area contributed by atoms with Gasteiger partial charge in [-0.3, -0.25) is 0 Å². The van der Waals surface area contributed by atoms with Crippen LogP contribution in [0.15, 0.2) is 175 Å². The first-order chi connectivity index (χ1) is 28.8. The van der Waals surface area contributed by atoms with E-state index >= 15 is 0 Å². The van der Waals surface area contributed by atoms with Gasteiger partial charge in [0, 0.05) is 62.8 Å². The number of carboxylic acids is 6. The Labute approximate surface area is 399 Å². The maximum absolute atomic E-state index is 11.0. The van der Waals surface area contributed by atoms with E-state index in [2.05, 4.69) is 0 Å². The van der Waals surface area contributed by atoms with Crippen LogP contribution in [0, 0.1) is 0 Å². The number of hydrogen-bond acceptors (Lipinski definition) is 18. The summed E-state index contributed by atoms with van der Waals surface area (Å²) < 4.78 is 0. The molecule has 0 fully saturated rings. The molecular weight excluding hydrogens is 1000 g/mol. The monoisotopic (exact) mass is 1020 g/mol. The molecule has 20 heteroatoms. The van der Waals surface area contributed by atoms with E-state index in [-0.39, 0.29) is 67.5 Å². The number of rotatable bonds is 15. The third kappa shape index (κ3) is 16.2. The number of aromatic carboxylic acids is 6. The fraction of sp³-hybridized carbons (Fsp3) is 0. The van der Waals surface area contributed by atoms with Crippen molar-refractivity contribution in [3.63, 3.8) is 0 Å². The van der Waals surface area contributed by atoms with E-state index in [1.807, 2.05) is 0 Å². The first kappa shape index (κ1) is 53.4. The third-order valence-corrected chi connectivity index (χ3v) is 14.8. The van der Waals surface area contributed by atoms with Crippen LogP contribution in [0.5, 0.6) is 0 Å². The molecule has 0 aromatic heterocycles. The quantitative estimate of drug-likeness (QED) is 0.105. The van der Waals surface area contributed by atoms with Crippen LogP contribution in [0.1, 0.15) is 62.1 Å². The molecule has 0 atom stereocenters. The number of carbonyl (C=O) groups is 6. The molecule has 2 radical (unpaired) electrons. The number of hydrogen-bond donors (Lipinski definition) is 0. The van der Waals surface area contributed by atoms with Gasteiger partial charge < -0.3 is 59.4 Å². The Morgan fingerprint density at radius 3 is 0.468 bits per heavy atom. The molecule has 0 aliphatic heterocycles. The van der Waals surface area contributed by atoms with Gasteiger partial charge in [-0.05, 0) is 36.4 Å². The van der Waals surface area contributed by atoms with Crippen molar-refractivity contribution in [3.05, 3.63) is 179 Å². The third-order valence-electron chi connectivity index (χ3n) is 7.31. The minimum absolute atomic E-state index is 0. The second-order valence-corrected chi connectivity index (χ2v) is 17.8. The fourth-order valence-corrected chi connectivity index (χ4v) is 11.5. The zero-order chi connectivity index (χ0) is 43.6. The fourth-order valence-electron chi connectivity index (χ4n) is 4.52. The smallest absolute Gasteiger partial charge is 0.545 e. The second kappa shape index (κ2) is 27.4. The summed E-state index contributed by atoms with van der Waals surface area (Å²) in [6.07, 6.45) is 0. The molecule has 6 rings (SSSR count). The Balaban J connectivity index is 0.000000315. The maximum atomic E-state index is 11.0. The predicted molar refractivity (Wildman–Crippen MR) is 220 cm³/mol. The van der Waals surface area contributed by atoms with Gasteiger partial charge in [0.2, 0.25) is 0 Å². The van der Waals surface area contributed by atoms with Crippen molar-refractivity contribution in [2.75, 3.05) is 0 Å². The van der Waals surface area contributed by atoms with Gasteiger partial charge in [0.15, 0.2) is 0 Å². The van der Waals surface area contributed by atoms with Crippen molar-refractivity contribution in [2.24, 2.45) is 0 Å². The van der Waals surface area contributed by atoms with Gasteiger partial charge in [-0.15, -0.1) is 0 Å². The van der Waals surface area contributed by atoms with Crippen molar-refractivity contribution in [1.29, 1.82) is 0 Å². The summed E-state index contributed by atoms with van der Waals surface area (Å²) in [5.74, 6) is -7.57. The van der Waals surface area contributed by atoms with Gasteiger partial charge in [-0.2, -0.15) is 0 Å². The topological polar surface area (TPSA) is 241 Å². The Kier molecular flexibility index (Phi) is 23.6. The van der Waals surface area contributed by atoms with Crippen LogP contribution in [-0.4, -0.2) is 35.8 Å². The maximum Gasteiger partial charge on any atom is 3.00 e. The minimum atomic E-state index is -1.26. The summed E-state index contributed by atoms with van der Waals surface area (Å²) >= 11 is 0. The van der Waals surface area contributed by atoms with Crippen LogP contribution < -0.4 is 30.6 Å². The summed E-state index contributed by atoms with van der Waals surface area (Å²) in [7, 11) is 6.99. The molecule has 6 aromatic carbocycles. The molecule has 0 bridgehead atoms.